The van der Waals surface area contributed by atoms with E-state index in [2.05, 4.69) is 5.10 Å². The molecule has 0 spiro atoms. The van der Waals surface area contributed by atoms with E-state index in [9.17, 15) is 9.59 Å². The number of rotatable bonds is 1. The van der Waals surface area contributed by atoms with Gasteiger partial charge >= 0.3 is 5.63 Å². The van der Waals surface area contributed by atoms with Crippen molar-refractivity contribution in [3.63, 3.8) is 0 Å². The van der Waals surface area contributed by atoms with E-state index in [4.69, 9.17) is 21.3 Å². The smallest absolute Gasteiger partial charge is 0.349 e. The highest BCUT2D eigenvalue weighted by Gasteiger charge is 2.24. The van der Waals surface area contributed by atoms with Crippen molar-refractivity contribution >= 4 is 28.5 Å². The number of benzene rings is 1. The zero-order valence-corrected chi connectivity index (χ0v) is 14.4. The summed E-state index contributed by atoms with van der Waals surface area (Å²) in [6, 6.07) is 10.0. The molecule has 7 nitrogen and oxygen atoms in total. The number of nitriles is 1. The first-order valence-corrected chi connectivity index (χ1v) is 8.42. The van der Waals surface area contributed by atoms with Gasteiger partial charge in [0.15, 0.2) is 5.69 Å². The van der Waals surface area contributed by atoms with Crippen LogP contribution in [0.4, 0.5) is 0 Å². The molecule has 0 saturated carbocycles. The Balaban J connectivity index is 1.71. The molecule has 1 aromatic carbocycles. The lowest BCUT2D eigenvalue weighted by Crippen LogP contribution is -2.33. The van der Waals surface area contributed by atoms with Gasteiger partial charge in [-0.1, -0.05) is 11.6 Å². The molecule has 2 aromatic heterocycles. The van der Waals surface area contributed by atoms with Gasteiger partial charge in [-0.3, -0.25) is 9.48 Å². The molecule has 0 bridgehead atoms. The summed E-state index contributed by atoms with van der Waals surface area (Å²) in [5.41, 5.74) is 0.742. The summed E-state index contributed by atoms with van der Waals surface area (Å²) in [6.45, 7) is 1.38. The van der Waals surface area contributed by atoms with E-state index in [1.165, 1.54) is 6.07 Å². The first-order valence-electron chi connectivity index (χ1n) is 8.04. The largest absolute Gasteiger partial charge is 0.422 e. The maximum absolute atomic E-state index is 12.9. The lowest BCUT2D eigenvalue weighted by Gasteiger charge is -2.19. The second kappa shape index (κ2) is 6.32. The van der Waals surface area contributed by atoms with Crippen LogP contribution >= 0.6 is 11.6 Å². The second-order valence-corrected chi connectivity index (χ2v) is 6.50. The van der Waals surface area contributed by atoms with Crippen molar-refractivity contribution in [2.75, 3.05) is 6.54 Å². The SMILES string of the molecule is N#Cc1cc2n(n1)CCCN(C(=O)c1cc3cc(Cl)ccc3oc1=O)C2. The third-order valence-corrected chi connectivity index (χ3v) is 4.58. The number of aromatic nitrogens is 2. The molecular weight excluding hydrogens is 356 g/mol. The minimum absolute atomic E-state index is 0.0340. The molecule has 0 aliphatic carbocycles. The molecule has 8 heteroatoms. The average molecular weight is 369 g/mol. The highest BCUT2D eigenvalue weighted by Crippen LogP contribution is 2.21. The highest BCUT2D eigenvalue weighted by molar-refractivity contribution is 6.31. The van der Waals surface area contributed by atoms with Crippen molar-refractivity contribution in [2.45, 2.75) is 19.5 Å². The third-order valence-electron chi connectivity index (χ3n) is 4.34. The molecule has 0 atom stereocenters. The molecule has 4 rings (SSSR count). The molecule has 1 aliphatic heterocycles. The number of hydrogen-bond donors (Lipinski definition) is 0. The minimum atomic E-state index is -0.680. The zero-order valence-electron chi connectivity index (χ0n) is 13.6. The average Bonchev–Trinajstić information content (AvgIpc) is 2.91. The topological polar surface area (TPSA) is 92.1 Å². The van der Waals surface area contributed by atoms with Gasteiger partial charge in [0.25, 0.3) is 5.91 Å². The fourth-order valence-electron chi connectivity index (χ4n) is 3.10. The number of nitrogens with zero attached hydrogens (tertiary/aromatic N) is 4. The summed E-state index contributed by atoms with van der Waals surface area (Å²) >= 11 is 5.98. The van der Waals surface area contributed by atoms with Crippen LogP contribution in [0.25, 0.3) is 11.0 Å². The van der Waals surface area contributed by atoms with E-state index in [-0.39, 0.29) is 12.1 Å². The summed E-state index contributed by atoms with van der Waals surface area (Å²) in [6.07, 6.45) is 0.677. The van der Waals surface area contributed by atoms with Gasteiger partial charge in [0.1, 0.15) is 17.2 Å². The zero-order chi connectivity index (χ0) is 18.3. The monoisotopic (exact) mass is 368 g/mol. The van der Waals surface area contributed by atoms with Gasteiger partial charge in [-0.15, -0.1) is 0 Å². The van der Waals surface area contributed by atoms with E-state index in [0.717, 1.165) is 5.69 Å². The minimum Gasteiger partial charge on any atom is -0.422 e. The van der Waals surface area contributed by atoms with Crippen LogP contribution in [0.2, 0.25) is 5.02 Å². The Hall–Kier alpha value is -3.11. The standard InChI is InChI=1S/C18H13ClN4O3/c19-12-2-3-16-11(6-12)7-15(18(25)26-16)17(24)22-4-1-5-23-14(10-22)8-13(9-20)21-23/h2-3,6-8H,1,4-5,10H2. The van der Waals surface area contributed by atoms with Crippen LogP contribution in [0.3, 0.4) is 0 Å². The Morgan fingerprint density at radius 3 is 2.92 bits per heavy atom. The summed E-state index contributed by atoms with van der Waals surface area (Å²) in [7, 11) is 0. The molecule has 0 saturated heterocycles. The van der Waals surface area contributed by atoms with Crippen molar-refractivity contribution in [1.29, 1.82) is 5.26 Å². The molecule has 26 heavy (non-hydrogen) atoms. The van der Waals surface area contributed by atoms with Crippen LogP contribution in [0.15, 0.2) is 39.5 Å². The van der Waals surface area contributed by atoms with Crippen molar-refractivity contribution in [2.24, 2.45) is 0 Å². The highest BCUT2D eigenvalue weighted by atomic mass is 35.5. The maximum atomic E-state index is 12.9. The third kappa shape index (κ3) is 2.85. The van der Waals surface area contributed by atoms with E-state index in [1.807, 2.05) is 6.07 Å². The van der Waals surface area contributed by atoms with Gasteiger partial charge in [-0.25, -0.2) is 4.79 Å². The lowest BCUT2D eigenvalue weighted by atomic mass is 10.1. The Labute approximate surface area is 153 Å². The first kappa shape index (κ1) is 16.4. The molecule has 0 unspecified atom stereocenters. The van der Waals surface area contributed by atoms with Gasteiger partial charge in [-0.05, 0) is 36.8 Å². The molecule has 0 N–H and O–H groups in total. The molecule has 0 radical (unpaired) electrons. The Kier molecular flexibility index (Phi) is 3.98. The number of amides is 1. The van der Waals surface area contributed by atoms with E-state index in [0.29, 0.717) is 41.2 Å². The molecule has 130 valence electrons. The van der Waals surface area contributed by atoms with Gasteiger partial charge in [-0.2, -0.15) is 10.4 Å². The van der Waals surface area contributed by atoms with Crippen LogP contribution in [-0.4, -0.2) is 27.1 Å². The van der Waals surface area contributed by atoms with Crippen molar-refractivity contribution < 1.29 is 9.21 Å². The molecule has 3 heterocycles. The van der Waals surface area contributed by atoms with E-state index >= 15 is 0 Å². The van der Waals surface area contributed by atoms with Crippen molar-refractivity contribution in [3.8, 4) is 6.07 Å². The van der Waals surface area contributed by atoms with Gasteiger partial charge in [0.05, 0.1) is 12.2 Å². The molecular formula is C18H13ClN4O3. The van der Waals surface area contributed by atoms with Crippen LogP contribution < -0.4 is 5.63 Å². The molecule has 3 aromatic rings. The fourth-order valence-corrected chi connectivity index (χ4v) is 3.28. The number of carbonyl (C=O) groups is 1. The van der Waals surface area contributed by atoms with Crippen LogP contribution in [0, 0.1) is 11.3 Å². The Morgan fingerprint density at radius 2 is 2.12 bits per heavy atom. The van der Waals surface area contributed by atoms with Crippen LogP contribution in [0.1, 0.15) is 28.2 Å². The number of hydrogen-bond acceptors (Lipinski definition) is 5. The summed E-state index contributed by atoms with van der Waals surface area (Å²) < 4.78 is 6.99. The second-order valence-electron chi connectivity index (χ2n) is 6.07. The fraction of sp³-hybridized carbons (Fsp3) is 0.222. The predicted octanol–water partition coefficient (Wildman–Crippen LogP) is 2.56. The molecule has 1 amide bonds. The summed E-state index contributed by atoms with van der Waals surface area (Å²) in [5.74, 6) is -0.409. The van der Waals surface area contributed by atoms with Crippen LogP contribution in [0.5, 0.6) is 0 Å². The lowest BCUT2D eigenvalue weighted by molar-refractivity contribution is 0.0741. The van der Waals surface area contributed by atoms with Crippen molar-refractivity contribution in [1.82, 2.24) is 14.7 Å². The van der Waals surface area contributed by atoms with E-state index < -0.39 is 11.5 Å². The number of fused-ring (bicyclic) bond motifs is 2. The predicted molar refractivity (Wildman–Crippen MR) is 93.8 cm³/mol. The van der Waals surface area contributed by atoms with Crippen LogP contribution in [-0.2, 0) is 13.1 Å². The van der Waals surface area contributed by atoms with Gasteiger partial charge in [0, 0.05) is 23.5 Å². The summed E-state index contributed by atoms with van der Waals surface area (Å²) in [4.78, 5) is 26.8. The number of carbonyl (C=O) groups excluding carboxylic acids is 1. The van der Waals surface area contributed by atoms with Gasteiger partial charge < -0.3 is 9.32 Å². The normalized spacial score (nSPS) is 13.9. The molecule has 0 fully saturated rings. The summed E-state index contributed by atoms with van der Waals surface area (Å²) in [5, 5.41) is 14.3. The van der Waals surface area contributed by atoms with Gasteiger partial charge in [0.2, 0.25) is 0 Å². The quantitative estimate of drug-likeness (QED) is 0.615. The number of halogens is 1. The Morgan fingerprint density at radius 1 is 1.27 bits per heavy atom. The first-order chi connectivity index (χ1) is 12.5. The Bertz CT molecular complexity index is 1130. The number of aryl methyl sites for hydroxylation is 1. The molecule has 1 aliphatic rings. The van der Waals surface area contributed by atoms with Crippen molar-refractivity contribution in [3.05, 3.63) is 62.7 Å². The maximum Gasteiger partial charge on any atom is 0.349 e. The van der Waals surface area contributed by atoms with E-state index in [1.54, 1.807) is 33.8 Å².